The highest BCUT2D eigenvalue weighted by Gasteiger charge is 2.10. The molecule has 7 nitrogen and oxygen atoms in total. The van der Waals surface area contributed by atoms with E-state index in [-0.39, 0.29) is 12.5 Å². The van der Waals surface area contributed by atoms with Gasteiger partial charge < -0.3 is 20.1 Å². The summed E-state index contributed by atoms with van der Waals surface area (Å²) in [5.41, 5.74) is 7.23. The third-order valence-electron chi connectivity index (χ3n) is 4.79. The number of ether oxygens (including phenoxy) is 2. The van der Waals surface area contributed by atoms with Gasteiger partial charge in [-0.05, 0) is 73.1 Å². The predicted octanol–water partition coefficient (Wildman–Crippen LogP) is 5.30. The lowest BCUT2D eigenvalue weighted by atomic mass is 10.1. The fourth-order valence-electron chi connectivity index (χ4n) is 3.09. The SMILES string of the molecule is COc1cc(/C=N/NC(=S)Nc2c(C)cccc2C)ccc1OCC(=O)Nc1ccccc1Cl. The standard InChI is InChI=1S/C25H25ClN4O3S/c1-16-7-6-8-17(2)24(16)29-25(34)30-27-14-18-11-12-21(22(13-18)32-3)33-15-23(31)28-20-10-5-4-9-19(20)26/h4-14H,15H2,1-3H3,(H,28,31)(H2,29,30,34)/b27-14+. The molecule has 3 aromatic rings. The summed E-state index contributed by atoms with van der Waals surface area (Å²) in [4.78, 5) is 12.2. The van der Waals surface area contributed by atoms with Crippen LogP contribution in [0.3, 0.4) is 0 Å². The second kappa shape index (κ2) is 12.0. The summed E-state index contributed by atoms with van der Waals surface area (Å²) in [7, 11) is 1.52. The van der Waals surface area contributed by atoms with Gasteiger partial charge in [0.05, 0.1) is 24.0 Å². The van der Waals surface area contributed by atoms with Crippen molar-refractivity contribution < 1.29 is 14.3 Å². The molecule has 0 aliphatic heterocycles. The van der Waals surface area contributed by atoms with Crippen LogP contribution in [0.25, 0.3) is 0 Å². The first-order valence-corrected chi connectivity index (χ1v) is 11.2. The summed E-state index contributed by atoms with van der Waals surface area (Å²) in [5, 5.41) is 10.9. The number of methoxy groups -OCH3 is 1. The van der Waals surface area contributed by atoms with Gasteiger partial charge in [-0.1, -0.05) is 41.9 Å². The summed E-state index contributed by atoms with van der Waals surface area (Å²) in [6.07, 6.45) is 1.61. The number of hydrogen-bond acceptors (Lipinski definition) is 5. The van der Waals surface area contributed by atoms with E-state index in [0.717, 1.165) is 22.4 Å². The normalized spacial score (nSPS) is 10.6. The molecule has 0 saturated heterocycles. The Balaban J connectivity index is 1.55. The average Bonchev–Trinajstić information content (AvgIpc) is 2.82. The van der Waals surface area contributed by atoms with Gasteiger partial charge in [-0.2, -0.15) is 5.10 Å². The van der Waals surface area contributed by atoms with Crippen molar-refractivity contribution in [1.29, 1.82) is 0 Å². The first kappa shape index (κ1) is 25.0. The van der Waals surface area contributed by atoms with Gasteiger partial charge in [-0.25, -0.2) is 0 Å². The van der Waals surface area contributed by atoms with E-state index in [9.17, 15) is 4.79 Å². The number of hydrogen-bond donors (Lipinski definition) is 3. The third-order valence-corrected chi connectivity index (χ3v) is 5.32. The highest BCUT2D eigenvalue weighted by atomic mass is 35.5. The van der Waals surface area contributed by atoms with E-state index in [2.05, 4.69) is 21.2 Å². The minimum absolute atomic E-state index is 0.200. The molecule has 9 heteroatoms. The summed E-state index contributed by atoms with van der Waals surface area (Å²) < 4.78 is 11.0. The van der Waals surface area contributed by atoms with Gasteiger partial charge >= 0.3 is 0 Å². The highest BCUT2D eigenvalue weighted by molar-refractivity contribution is 7.80. The molecule has 0 heterocycles. The van der Waals surface area contributed by atoms with Gasteiger partial charge in [0.15, 0.2) is 23.2 Å². The van der Waals surface area contributed by atoms with Crippen molar-refractivity contribution in [1.82, 2.24) is 5.43 Å². The maximum Gasteiger partial charge on any atom is 0.262 e. The van der Waals surface area contributed by atoms with Crippen molar-refractivity contribution in [3.63, 3.8) is 0 Å². The lowest BCUT2D eigenvalue weighted by Crippen LogP contribution is -2.24. The van der Waals surface area contributed by atoms with E-state index in [4.69, 9.17) is 33.3 Å². The molecule has 3 rings (SSSR count). The Kier molecular flexibility index (Phi) is 8.84. The zero-order chi connectivity index (χ0) is 24.5. The number of hydrazone groups is 1. The van der Waals surface area contributed by atoms with Gasteiger partial charge in [0.1, 0.15) is 0 Å². The van der Waals surface area contributed by atoms with Crippen LogP contribution in [0.5, 0.6) is 11.5 Å². The molecular weight excluding hydrogens is 472 g/mol. The molecule has 0 radical (unpaired) electrons. The molecule has 0 aliphatic carbocycles. The first-order chi connectivity index (χ1) is 16.4. The number of aryl methyl sites for hydroxylation is 2. The number of nitrogens with one attached hydrogen (secondary N) is 3. The van der Waals surface area contributed by atoms with E-state index in [0.29, 0.717) is 27.3 Å². The van der Waals surface area contributed by atoms with Crippen LogP contribution in [0.1, 0.15) is 16.7 Å². The molecule has 0 aromatic heterocycles. The van der Waals surface area contributed by atoms with Crippen LogP contribution in [-0.2, 0) is 4.79 Å². The van der Waals surface area contributed by atoms with Crippen LogP contribution in [0.2, 0.25) is 5.02 Å². The zero-order valence-electron chi connectivity index (χ0n) is 19.0. The number of amides is 1. The maximum atomic E-state index is 12.2. The predicted molar refractivity (Wildman–Crippen MR) is 141 cm³/mol. The van der Waals surface area contributed by atoms with E-state index in [1.54, 1.807) is 48.7 Å². The van der Waals surface area contributed by atoms with Crippen molar-refractivity contribution >= 4 is 52.4 Å². The molecule has 0 fully saturated rings. The molecule has 34 heavy (non-hydrogen) atoms. The number of carbonyl (C=O) groups excluding carboxylic acids is 1. The second-order valence-electron chi connectivity index (χ2n) is 7.32. The lowest BCUT2D eigenvalue weighted by molar-refractivity contribution is -0.118. The molecule has 0 unspecified atom stereocenters. The summed E-state index contributed by atoms with van der Waals surface area (Å²) in [6.45, 7) is 3.82. The Hall–Kier alpha value is -3.62. The number of nitrogens with zero attached hydrogens (tertiary/aromatic N) is 1. The highest BCUT2D eigenvalue weighted by Crippen LogP contribution is 2.28. The molecular formula is C25H25ClN4O3S. The lowest BCUT2D eigenvalue weighted by Gasteiger charge is -2.13. The fraction of sp³-hybridized carbons (Fsp3) is 0.160. The fourth-order valence-corrected chi connectivity index (χ4v) is 3.43. The number of carbonyl (C=O) groups is 1. The van der Waals surface area contributed by atoms with Crippen LogP contribution in [0.4, 0.5) is 11.4 Å². The second-order valence-corrected chi connectivity index (χ2v) is 8.13. The monoisotopic (exact) mass is 496 g/mol. The molecule has 0 saturated carbocycles. The zero-order valence-corrected chi connectivity index (χ0v) is 20.6. The Morgan fingerprint density at radius 3 is 2.47 bits per heavy atom. The molecule has 0 aliphatic rings. The topological polar surface area (TPSA) is 84.0 Å². The van der Waals surface area contributed by atoms with Gasteiger partial charge in [0.2, 0.25) is 0 Å². The van der Waals surface area contributed by atoms with Crippen LogP contribution in [-0.4, -0.2) is 31.0 Å². The van der Waals surface area contributed by atoms with E-state index >= 15 is 0 Å². The van der Waals surface area contributed by atoms with E-state index in [1.165, 1.54) is 7.11 Å². The molecule has 1 amide bonds. The molecule has 3 N–H and O–H groups in total. The van der Waals surface area contributed by atoms with Gasteiger partial charge in [-0.15, -0.1) is 0 Å². The maximum absolute atomic E-state index is 12.2. The first-order valence-electron chi connectivity index (χ1n) is 10.4. The van der Waals surface area contributed by atoms with Crippen molar-refractivity contribution in [3.8, 4) is 11.5 Å². The minimum atomic E-state index is -0.338. The van der Waals surface area contributed by atoms with Crippen molar-refractivity contribution in [2.45, 2.75) is 13.8 Å². The Morgan fingerprint density at radius 2 is 1.76 bits per heavy atom. The van der Waals surface area contributed by atoms with Gasteiger partial charge in [-0.3, -0.25) is 10.2 Å². The molecule has 0 atom stereocenters. The molecule has 0 spiro atoms. The van der Waals surface area contributed by atoms with E-state index in [1.807, 2.05) is 32.0 Å². The minimum Gasteiger partial charge on any atom is -0.493 e. The number of para-hydroxylation sites is 2. The summed E-state index contributed by atoms with van der Waals surface area (Å²) in [6, 6.07) is 18.2. The molecule has 176 valence electrons. The number of benzene rings is 3. The summed E-state index contributed by atoms with van der Waals surface area (Å²) >= 11 is 11.4. The number of halogens is 1. The Morgan fingerprint density at radius 1 is 1.03 bits per heavy atom. The largest absolute Gasteiger partial charge is 0.493 e. The van der Waals surface area contributed by atoms with Crippen LogP contribution in [0.15, 0.2) is 65.8 Å². The number of thiocarbonyl (C=S) groups is 1. The van der Waals surface area contributed by atoms with Gasteiger partial charge in [0.25, 0.3) is 5.91 Å². The number of rotatable bonds is 8. The van der Waals surface area contributed by atoms with Crippen molar-refractivity contribution in [3.05, 3.63) is 82.4 Å². The van der Waals surface area contributed by atoms with Crippen molar-refractivity contribution in [2.75, 3.05) is 24.4 Å². The Labute approximate surface area is 209 Å². The molecule has 3 aromatic carbocycles. The van der Waals surface area contributed by atoms with Crippen LogP contribution in [0, 0.1) is 13.8 Å². The quantitative estimate of drug-likeness (QED) is 0.223. The third kappa shape index (κ3) is 6.94. The summed E-state index contributed by atoms with van der Waals surface area (Å²) in [5.74, 6) is 0.551. The van der Waals surface area contributed by atoms with E-state index < -0.39 is 0 Å². The van der Waals surface area contributed by atoms with Crippen molar-refractivity contribution in [2.24, 2.45) is 5.10 Å². The smallest absolute Gasteiger partial charge is 0.262 e. The van der Waals surface area contributed by atoms with Crippen LogP contribution >= 0.6 is 23.8 Å². The van der Waals surface area contributed by atoms with Crippen LogP contribution < -0.4 is 25.5 Å². The van der Waals surface area contributed by atoms with Gasteiger partial charge in [0, 0.05) is 5.69 Å². The molecule has 0 bridgehead atoms. The average molecular weight is 497 g/mol. The Bertz CT molecular complexity index is 1200. The number of anilines is 2.